The van der Waals surface area contributed by atoms with Crippen LogP contribution >= 0.6 is 11.3 Å². The Hall–Kier alpha value is -1.36. The van der Waals surface area contributed by atoms with Gasteiger partial charge in [0.05, 0.1) is 4.88 Å². The van der Waals surface area contributed by atoms with Crippen molar-refractivity contribution in [3.05, 3.63) is 27.6 Å². The molecule has 0 amide bonds. The monoisotopic (exact) mass is 182 g/mol. The highest BCUT2D eigenvalue weighted by Gasteiger charge is 2.06. The van der Waals surface area contributed by atoms with Crippen LogP contribution < -0.4 is 5.76 Å². The maximum absolute atomic E-state index is 10.6. The second-order valence-corrected chi connectivity index (χ2v) is 3.32. The van der Waals surface area contributed by atoms with Crippen molar-refractivity contribution in [2.45, 2.75) is 6.92 Å². The molecule has 0 aliphatic rings. The van der Waals surface area contributed by atoms with Gasteiger partial charge in [-0.05, 0) is 23.9 Å². The quantitative estimate of drug-likeness (QED) is 0.725. The lowest BCUT2D eigenvalue weighted by Gasteiger charge is -1.81. The van der Waals surface area contributed by atoms with Gasteiger partial charge in [-0.3, -0.25) is 0 Å². The topological polar surface area (TPSA) is 58.9 Å². The maximum atomic E-state index is 10.6. The van der Waals surface area contributed by atoms with Crippen molar-refractivity contribution in [2.75, 3.05) is 0 Å². The first-order chi connectivity index (χ1) is 5.75. The van der Waals surface area contributed by atoms with Gasteiger partial charge in [-0.15, -0.1) is 16.4 Å². The fraction of sp³-hybridized carbons (Fsp3) is 0.143. The number of nitrogens with one attached hydrogen (secondary N) is 1. The number of nitrogens with zero attached hydrogens (tertiary/aromatic N) is 1. The lowest BCUT2D eigenvalue weighted by molar-refractivity contribution is 0.528. The number of hydrogen-bond donors (Lipinski definition) is 1. The van der Waals surface area contributed by atoms with Gasteiger partial charge in [0.2, 0.25) is 0 Å². The molecule has 1 N–H and O–H groups in total. The van der Waals surface area contributed by atoms with Gasteiger partial charge >= 0.3 is 5.76 Å². The lowest BCUT2D eigenvalue weighted by Crippen LogP contribution is -1.93. The summed E-state index contributed by atoms with van der Waals surface area (Å²) in [6, 6.07) is 1.92. The predicted octanol–water partition coefficient (Wildman–Crippen LogP) is 1.40. The van der Waals surface area contributed by atoms with Crippen molar-refractivity contribution in [1.82, 2.24) is 10.2 Å². The molecular formula is C7H6N2O2S. The van der Waals surface area contributed by atoms with E-state index in [0.29, 0.717) is 5.89 Å². The molecular weight excluding hydrogens is 176 g/mol. The molecule has 0 aliphatic carbocycles. The lowest BCUT2D eigenvalue weighted by atomic mass is 10.3. The molecule has 0 fully saturated rings. The van der Waals surface area contributed by atoms with Crippen LogP contribution in [-0.2, 0) is 0 Å². The van der Waals surface area contributed by atoms with Crippen molar-refractivity contribution in [1.29, 1.82) is 0 Å². The number of aromatic nitrogens is 2. The molecule has 0 saturated heterocycles. The SMILES string of the molecule is Cc1csc(-c2n[nH]c(=O)o2)c1. The molecule has 2 rings (SSSR count). The van der Waals surface area contributed by atoms with E-state index in [1.165, 1.54) is 11.3 Å². The molecule has 12 heavy (non-hydrogen) atoms. The molecule has 2 aromatic heterocycles. The summed E-state index contributed by atoms with van der Waals surface area (Å²) in [6.07, 6.45) is 0. The van der Waals surface area contributed by atoms with Crippen molar-refractivity contribution < 1.29 is 4.42 Å². The van der Waals surface area contributed by atoms with E-state index < -0.39 is 5.76 Å². The summed E-state index contributed by atoms with van der Waals surface area (Å²) in [5.74, 6) is -0.158. The molecule has 0 saturated carbocycles. The summed E-state index contributed by atoms with van der Waals surface area (Å²) >= 11 is 1.50. The molecule has 0 unspecified atom stereocenters. The van der Waals surface area contributed by atoms with E-state index >= 15 is 0 Å². The smallest absolute Gasteiger partial charge is 0.387 e. The molecule has 5 heteroatoms. The van der Waals surface area contributed by atoms with Crippen LogP contribution in [-0.4, -0.2) is 10.2 Å². The van der Waals surface area contributed by atoms with Crippen LogP contribution in [0.3, 0.4) is 0 Å². The minimum Gasteiger partial charge on any atom is -0.387 e. The van der Waals surface area contributed by atoms with Crippen molar-refractivity contribution in [3.63, 3.8) is 0 Å². The summed E-state index contributed by atoms with van der Waals surface area (Å²) in [5.41, 5.74) is 1.14. The minimum absolute atomic E-state index is 0.359. The normalized spacial score (nSPS) is 10.4. The number of thiophene rings is 1. The zero-order valence-corrected chi connectivity index (χ0v) is 7.14. The van der Waals surface area contributed by atoms with Crippen LogP contribution in [0.15, 0.2) is 20.7 Å². The first-order valence-electron chi connectivity index (χ1n) is 3.37. The Morgan fingerprint density at radius 1 is 1.67 bits per heavy atom. The highest BCUT2D eigenvalue weighted by molar-refractivity contribution is 7.13. The van der Waals surface area contributed by atoms with Crippen LogP contribution in [0, 0.1) is 6.92 Å². The third-order valence-corrected chi connectivity index (χ3v) is 2.42. The molecule has 0 bridgehead atoms. The molecule has 0 atom stereocenters. The molecule has 0 radical (unpaired) electrons. The van der Waals surface area contributed by atoms with E-state index in [1.54, 1.807) is 0 Å². The largest absolute Gasteiger partial charge is 0.434 e. The Bertz CT molecular complexity index is 440. The maximum Gasteiger partial charge on any atom is 0.434 e. The fourth-order valence-electron chi connectivity index (χ4n) is 0.879. The van der Waals surface area contributed by atoms with E-state index in [2.05, 4.69) is 10.2 Å². The Morgan fingerprint density at radius 2 is 2.50 bits per heavy atom. The Labute approximate surface area is 71.9 Å². The number of rotatable bonds is 1. The van der Waals surface area contributed by atoms with Gasteiger partial charge in [0.25, 0.3) is 5.89 Å². The summed E-state index contributed by atoms with van der Waals surface area (Å²) in [6.45, 7) is 1.98. The van der Waals surface area contributed by atoms with E-state index in [9.17, 15) is 4.79 Å². The van der Waals surface area contributed by atoms with Crippen LogP contribution in [0.25, 0.3) is 10.8 Å². The number of hydrogen-bond acceptors (Lipinski definition) is 4. The molecule has 62 valence electrons. The third kappa shape index (κ3) is 1.18. The Morgan fingerprint density at radius 3 is 3.00 bits per heavy atom. The summed E-state index contributed by atoms with van der Waals surface area (Å²) in [4.78, 5) is 11.5. The van der Waals surface area contributed by atoms with Crippen molar-refractivity contribution >= 4 is 11.3 Å². The highest BCUT2D eigenvalue weighted by atomic mass is 32.1. The van der Waals surface area contributed by atoms with Gasteiger partial charge in [-0.1, -0.05) is 0 Å². The van der Waals surface area contributed by atoms with Crippen LogP contribution in [0.1, 0.15) is 5.56 Å². The molecule has 0 aromatic carbocycles. The van der Waals surface area contributed by atoms with Gasteiger partial charge in [0.1, 0.15) is 0 Å². The van der Waals surface area contributed by atoms with Crippen LogP contribution in [0.5, 0.6) is 0 Å². The molecule has 0 spiro atoms. The van der Waals surface area contributed by atoms with E-state index in [-0.39, 0.29) is 0 Å². The van der Waals surface area contributed by atoms with Crippen molar-refractivity contribution in [3.8, 4) is 10.8 Å². The molecule has 2 aromatic rings. The third-order valence-electron chi connectivity index (χ3n) is 1.38. The number of H-pyrrole nitrogens is 1. The van der Waals surface area contributed by atoms with Gasteiger partial charge < -0.3 is 4.42 Å². The first kappa shape index (κ1) is 7.30. The molecule has 4 nitrogen and oxygen atoms in total. The standard InChI is InChI=1S/C7H6N2O2S/c1-4-2-5(12-3-4)6-8-9-7(10)11-6/h2-3H,1H3,(H,9,10). The van der Waals surface area contributed by atoms with Crippen LogP contribution in [0.4, 0.5) is 0 Å². The average molecular weight is 182 g/mol. The van der Waals surface area contributed by atoms with Gasteiger partial charge in [-0.2, -0.15) is 0 Å². The minimum atomic E-state index is -0.518. The number of aromatic amines is 1. The Kier molecular flexibility index (Phi) is 1.58. The van der Waals surface area contributed by atoms with Crippen LogP contribution in [0.2, 0.25) is 0 Å². The summed E-state index contributed by atoms with van der Waals surface area (Å²) in [7, 11) is 0. The zero-order valence-electron chi connectivity index (χ0n) is 6.33. The second-order valence-electron chi connectivity index (χ2n) is 2.41. The van der Waals surface area contributed by atoms with E-state index in [0.717, 1.165) is 10.4 Å². The fourth-order valence-corrected chi connectivity index (χ4v) is 1.70. The van der Waals surface area contributed by atoms with Gasteiger partial charge in [0.15, 0.2) is 0 Å². The zero-order chi connectivity index (χ0) is 8.55. The molecule has 2 heterocycles. The highest BCUT2D eigenvalue weighted by Crippen LogP contribution is 2.23. The first-order valence-corrected chi connectivity index (χ1v) is 4.25. The van der Waals surface area contributed by atoms with Crippen molar-refractivity contribution in [2.24, 2.45) is 0 Å². The average Bonchev–Trinajstić information content (AvgIpc) is 2.58. The Balaban J connectivity index is 2.50. The van der Waals surface area contributed by atoms with Gasteiger partial charge in [-0.25, -0.2) is 9.89 Å². The van der Waals surface area contributed by atoms with Gasteiger partial charge in [0, 0.05) is 0 Å². The molecule has 0 aliphatic heterocycles. The van der Waals surface area contributed by atoms with E-state index in [4.69, 9.17) is 4.42 Å². The second kappa shape index (κ2) is 2.60. The van der Waals surface area contributed by atoms with E-state index in [1.807, 2.05) is 18.4 Å². The summed E-state index contributed by atoms with van der Waals surface area (Å²) < 4.78 is 4.77. The number of aryl methyl sites for hydroxylation is 1. The predicted molar refractivity (Wildman–Crippen MR) is 45.2 cm³/mol. The summed E-state index contributed by atoms with van der Waals surface area (Å²) in [5, 5.41) is 7.89.